The van der Waals surface area contributed by atoms with Crippen LogP contribution in [-0.4, -0.2) is 30.5 Å². The Morgan fingerprint density at radius 1 is 0.909 bits per heavy atom. The van der Waals surface area contributed by atoms with Gasteiger partial charge in [0.2, 0.25) is 0 Å². The number of phenolic OH excluding ortho intramolecular Hbond substituents is 1. The molecule has 0 fully saturated rings. The average molecular weight is 485 g/mol. The van der Waals surface area contributed by atoms with Crippen LogP contribution in [0.1, 0.15) is 87.1 Å². The number of carbonyl (C=O) groups excluding carboxylic acids is 1. The zero-order valence-corrected chi connectivity index (χ0v) is 22.5. The second kappa shape index (κ2) is 15.5. The summed E-state index contributed by atoms with van der Waals surface area (Å²) in [5, 5.41) is 10.3. The van der Waals surface area contributed by atoms with Gasteiger partial charge in [-0.3, -0.25) is 4.79 Å². The number of benzene rings is 2. The monoisotopic (exact) mass is 484 g/mol. The van der Waals surface area contributed by atoms with Crippen molar-refractivity contribution in [1.29, 1.82) is 0 Å². The van der Waals surface area contributed by atoms with E-state index in [-0.39, 0.29) is 53.0 Å². The van der Waals surface area contributed by atoms with E-state index in [4.69, 9.17) is 4.74 Å². The minimum Gasteiger partial charge on any atom is -0.744 e. The van der Waals surface area contributed by atoms with Crippen molar-refractivity contribution in [3.63, 3.8) is 0 Å². The Morgan fingerprint density at radius 2 is 1.45 bits per heavy atom. The second-order valence-electron chi connectivity index (χ2n) is 8.00. The number of hydrogen-bond donors (Lipinski definition) is 1. The van der Waals surface area contributed by atoms with E-state index >= 15 is 0 Å². The summed E-state index contributed by atoms with van der Waals surface area (Å²) in [5.74, 6) is -1.23. The summed E-state index contributed by atoms with van der Waals surface area (Å²) in [4.78, 5) is 12.0. The van der Waals surface area contributed by atoms with Gasteiger partial charge < -0.3 is 14.4 Å². The van der Waals surface area contributed by atoms with E-state index < -0.39 is 26.5 Å². The molecule has 1 N–H and O–H groups in total. The molecule has 176 valence electrons. The number of aromatic hydroxyl groups is 1. The molecule has 0 bridgehead atoms. The molecule has 0 unspecified atom stereocenters. The first-order valence-electron chi connectivity index (χ1n) is 11.4. The number of hydrogen-bond acceptors (Lipinski definition) is 6. The summed E-state index contributed by atoms with van der Waals surface area (Å²) in [5.41, 5.74) is 0.0213. The van der Waals surface area contributed by atoms with Crippen LogP contribution in [0.25, 0.3) is 0 Å². The first-order chi connectivity index (χ1) is 15.3. The van der Waals surface area contributed by atoms with Crippen LogP contribution in [0.5, 0.6) is 11.5 Å². The van der Waals surface area contributed by atoms with Gasteiger partial charge in [-0.25, -0.2) is 8.42 Å². The van der Waals surface area contributed by atoms with Crippen molar-refractivity contribution in [2.24, 2.45) is 0 Å². The number of ether oxygens (including phenoxy) is 1. The van der Waals surface area contributed by atoms with Crippen molar-refractivity contribution in [3.8, 4) is 11.5 Å². The third-order valence-electron chi connectivity index (χ3n) is 5.37. The Balaban J connectivity index is 0.00000544. The standard InChI is InChI=1S/C25H34O6S.Na/c1-2-3-4-5-6-7-8-9-10-14-17-31-23-19-22(26)21(18-24(23)32(28,29)30)25(27)20-15-12-11-13-16-20;/h11-13,15-16,18-19,26H,2-10,14,17H2,1H3,(H,28,29,30);/q;+1/p-1. The molecule has 0 saturated carbocycles. The van der Waals surface area contributed by atoms with E-state index in [1.54, 1.807) is 30.3 Å². The summed E-state index contributed by atoms with van der Waals surface area (Å²) < 4.78 is 40.8. The molecule has 6 nitrogen and oxygen atoms in total. The maximum absolute atomic E-state index is 12.6. The molecular weight excluding hydrogens is 451 g/mol. The summed E-state index contributed by atoms with van der Waals surface area (Å²) in [6.45, 7) is 2.43. The first kappa shape index (κ1) is 29.7. The molecule has 2 aromatic carbocycles. The van der Waals surface area contributed by atoms with Crippen LogP contribution < -0.4 is 34.3 Å². The number of phenols is 1. The van der Waals surface area contributed by atoms with Crippen LogP contribution >= 0.6 is 0 Å². The van der Waals surface area contributed by atoms with Crippen molar-refractivity contribution >= 4 is 15.9 Å². The van der Waals surface area contributed by atoms with E-state index in [9.17, 15) is 22.9 Å². The molecule has 0 amide bonds. The van der Waals surface area contributed by atoms with Gasteiger partial charge in [-0.05, 0) is 12.5 Å². The van der Waals surface area contributed by atoms with Crippen molar-refractivity contribution < 1.29 is 57.2 Å². The third-order valence-corrected chi connectivity index (χ3v) is 6.23. The van der Waals surface area contributed by atoms with Crippen LogP contribution in [0.3, 0.4) is 0 Å². The van der Waals surface area contributed by atoms with E-state index in [2.05, 4.69) is 6.92 Å². The molecule has 0 spiro atoms. The summed E-state index contributed by atoms with van der Waals surface area (Å²) in [6.07, 6.45) is 11.5. The Labute approximate surface area is 219 Å². The zero-order chi connectivity index (χ0) is 23.4. The number of rotatable bonds is 15. The van der Waals surface area contributed by atoms with Crippen LogP contribution in [-0.2, 0) is 10.1 Å². The normalized spacial score (nSPS) is 11.1. The molecule has 0 heterocycles. The van der Waals surface area contributed by atoms with Gasteiger partial charge in [-0.2, -0.15) is 0 Å². The minimum atomic E-state index is -4.89. The van der Waals surface area contributed by atoms with Crippen molar-refractivity contribution in [2.75, 3.05) is 6.61 Å². The molecule has 0 aliphatic carbocycles. The molecule has 0 saturated heterocycles. The minimum absolute atomic E-state index is 0. The maximum Gasteiger partial charge on any atom is 1.00 e. The maximum atomic E-state index is 12.6. The molecule has 0 aliphatic heterocycles. The predicted molar refractivity (Wildman–Crippen MR) is 123 cm³/mol. The van der Waals surface area contributed by atoms with Gasteiger partial charge in [0.25, 0.3) is 0 Å². The molecule has 0 radical (unpaired) electrons. The molecule has 2 rings (SSSR count). The smallest absolute Gasteiger partial charge is 0.744 e. The Morgan fingerprint density at radius 3 is 2.00 bits per heavy atom. The van der Waals surface area contributed by atoms with Gasteiger partial charge in [0.15, 0.2) is 5.78 Å². The number of unbranched alkanes of at least 4 members (excludes halogenated alkanes) is 9. The summed E-state index contributed by atoms with van der Waals surface area (Å²) in [6, 6.07) is 10.1. The van der Waals surface area contributed by atoms with Crippen molar-refractivity contribution in [1.82, 2.24) is 0 Å². The number of ketones is 1. The first-order valence-corrected chi connectivity index (χ1v) is 12.8. The third kappa shape index (κ3) is 10.2. The van der Waals surface area contributed by atoms with Crippen LogP contribution in [0.4, 0.5) is 0 Å². The molecule has 33 heavy (non-hydrogen) atoms. The van der Waals surface area contributed by atoms with Crippen molar-refractivity contribution in [2.45, 2.75) is 76.0 Å². The second-order valence-corrected chi connectivity index (χ2v) is 9.34. The molecule has 0 aliphatic rings. The summed E-state index contributed by atoms with van der Waals surface area (Å²) in [7, 11) is -4.89. The van der Waals surface area contributed by atoms with Gasteiger partial charge >= 0.3 is 29.6 Å². The topological polar surface area (TPSA) is 104 Å². The zero-order valence-electron chi connectivity index (χ0n) is 19.7. The van der Waals surface area contributed by atoms with Gasteiger partial charge in [-0.1, -0.05) is 95.0 Å². The fourth-order valence-electron chi connectivity index (χ4n) is 3.56. The molecule has 0 atom stereocenters. The average Bonchev–Trinajstić information content (AvgIpc) is 2.77. The fraction of sp³-hybridized carbons (Fsp3) is 0.480. The van der Waals surface area contributed by atoms with Crippen molar-refractivity contribution in [3.05, 3.63) is 53.6 Å². The Kier molecular flexibility index (Phi) is 13.9. The SMILES string of the molecule is CCCCCCCCCCCCOc1cc(O)c(C(=O)c2ccccc2)cc1S(=O)(=O)[O-].[Na+]. The number of carbonyl (C=O) groups is 1. The molecular formula is C25H33NaO6S. The largest absolute Gasteiger partial charge is 1.00 e. The van der Waals surface area contributed by atoms with E-state index in [0.29, 0.717) is 6.42 Å². The van der Waals surface area contributed by atoms with Gasteiger partial charge in [0.05, 0.1) is 17.1 Å². The van der Waals surface area contributed by atoms with Gasteiger partial charge in [0.1, 0.15) is 21.6 Å². The molecule has 0 aromatic heterocycles. The Hall–Kier alpha value is -1.38. The molecule has 8 heteroatoms. The van der Waals surface area contributed by atoms with Crippen LogP contribution in [0.2, 0.25) is 0 Å². The van der Waals surface area contributed by atoms with E-state index in [0.717, 1.165) is 31.4 Å². The van der Waals surface area contributed by atoms with E-state index in [1.807, 2.05) is 0 Å². The quantitative estimate of drug-likeness (QED) is 0.180. The predicted octanol–water partition coefficient (Wildman–Crippen LogP) is 2.83. The molecule has 2 aromatic rings. The van der Waals surface area contributed by atoms with Gasteiger partial charge in [0, 0.05) is 11.6 Å². The summed E-state index contributed by atoms with van der Waals surface area (Å²) >= 11 is 0. The van der Waals surface area contributed by atoms with Gasteiger partial charge in [-0.15, -0.1) is 0 Å². The Bertz CT molecular complexity index is 960. The van der Waals surface area contributed by atoms with E-state index in [1.165, 1.54) is 38.5 Å². The fourth-order valence-corrected chi connectivity index (χ4v) is 4.18. The van der Waals surface area contributed by atoms with Crippen LogP contribution in [0.15, 0.2) is 47.4 Å². The van der Waals surface area contributed by atoms with Crippen LogP contribution in [0, 0.1) is 0 Å².